The van der Waals surface area contributed by atoms with Crippen LogP contribution in [0.1, 0.15) is 24.6 Å². The molecule has 1 N–H and O–H groups in total. The first-order valence-corrected chi connectivity index (χ1v) is 10.3. The molecule has 0 aliphatic heterocycles. The predicted molar refractivity (Wildman–Crippen MR) is 111 cm³/mol. The van der Waals surface area contributed by atoms with Gasteiger partial charge in [-0.15, -0.1) is 16.8 Å². The number of hydrogen-bond acceptors (Lipinski definition) is 5. The Hall–Kier alpha value is -2.32. The molecule has 2 amide bonds. The van der Waals surface area contributed by atoms with Crippen molar-refractivity contribution in [2.45, 2.75) is 30.5 Å². The number of carbonyl (C=O) groups excluding carboxylic acids is 2. The molecule has 28 heavy (non-hydrogen) atoms. The Balaban J connectivity index is 1.52. The second kappa shape index (κ2) is 9.25. The van der Waals surface area contributed by atoms with E-state index in [1.807, 2.05) is 4.57 Å². The van der Waals surface area contributed by atoms with Gasteiger partial charge < -0.3 is 14.8 Å². The monoisotopic (exact) mass is 419 g/mol. The highest BCUT2D eigenvalue weighted by Gasteiger charge is 2.30. The van der Waals surface area contributed by atoms with Crippen molar-refractivity contribution in [2.24, 2.45) is 0 Å². The zero-order valence-corrected chi connectivity index (χ0v) is 17.2. The number of nitrogens with zero attached hydrogens (tertiary/aromatic N) is 4. The number of para-hydroxylation sites is 1. The molecule has 1 aromatic heterocycles. The van der Waals surface area contributed by atoms with Gasteiger partial charge in [-0.1, -0.05) is 41.6 Å². The van der Waals surface area contributed by atoms with Gasteiger partial charge >= 0.3 is 0 Å². The summed E-state index contributed by atoms with van der Waals surface area (Å²) in [5.74, 6) is 1.13. The Labute approximate surface area is 173 Å². The minimum atomic E-state index is -0.306. The molecule has 1 heterocycles. The first kappa shape index (κ1) is 20.4. The molecule has 0 saturated heterocycles. The first-order chi connectivity index (χ1) is 13.5. The summed E-state index contributed by atoms with van der Waals surface area (Å²) in [7, 11) is 1.60. The van der Waals surface area contributed by atoms with Crippen molar-refractivity contribution >= 4 is 40.9 Å². The molecule has 1 aliphatic rings. The van der Waals surface area contributed by atoms with Crippen molar-refractivity contribution in [3.8, 4) is 0 Å². The SMILES string of the molecule is C=CCn1c(SCC(=O)N(C)CC(=O)Nc2ccccc2Cl)nnc1C1CC1. The Morgan fingerprint density at radius 1 is 1.39 bits per heavy atom. The van der Waals surface area contributed by atoms with Gasteiger partial charge in [-0.3, -0.25) is 9.59 Å². The summed E-state index contributed by atoms with van der Waals surface area (Å²) in [6.07, 6.45) is 4.05. The van der Waals surface area contributed by atoms with Crippen LogP contribution in [-0.2, 0) is 16.1 Å². The van der Waals surface area contributed by atoms with Crippen molar-refractivity contribution in [1.29, 1.82) is 0 Å². The molecule has 0 radical (unpaired) electrons. The first-order valence-electron chi connectivity index (χ1n) is 8.94. The minimum Gasteiger partial charge on any atom is -0.336 e. The summed E-state index contributed by atoms with van der Waals surface area (Å²) < 4.78 is 2.01. The van der Waals surface area contributed by atoms with Crippen LogP contribution in [0.5, 0.6) is 0 Å². The summed E-state index contributed by atoms with van der Waals surface area (Å²) in [6, 6.07) is 6.96. The van der Waals surface area contributed by atoms with Crippen LogP contribution in [0.2, 0.25) is 5.02 Å². The van der Waals surface area contributed by atoms with E-state index in [1.165, 1.54) is 16.7 Å². The van der Waals surface area contributed by atoms with Crippen LogP contribution in [0.25, 0.3) is 0 Å². The lowest BCUT2D eigenvalue weighted by molar-refractivity contribution is -0.131. The molecule has 9 heteroatoms. The summed E-state index contributed by atoms with van der Waals surface area (Å²) in [5.41, 5.74) is 0.523. The number of carbonyl (C=O) groups is 2. The molecule has 1 fully saturated rings. The highest BCUT2D eigenvalue weighted by atomic mass is 35.5. The van der Waals surface area contributed by atoms with E-state index < -0.39 is 0 Å². The topological polar surface area (TPSA) is 80.1 Å². The van der Waals surface area contributed by atoms with Crippen LogP contribution in [0, 0.1) is 0 Å². The fraction of sp³-hybridized carbons (Fsp3) is 0.368. The third-order valence-electron chi connectivity index (χ3n) is 4.28. The third-order valence-corrected chi connectivity index (χ3v) is 5.56. The van der Waals surface area contributed by atoms with Crippen molar-refractivity contribution in [3.63, 3.8) is 0 Å². The van der Waals surface area contributed by atoms with E-state index in [1.54, 1.807) is 37.4 Å². The Morgan fingerprint density at radius 2 is 2.14 bits per heavy atom. The molecule has 2 aromatic rings. The number of anilines is 1. The summed E-state index contributed by atoms with van der Waals surface area (Å²) in [6.45, 7) is 4.34. The maximum Gasteiger partial charge on any atom is 0.244 e. The van der Waals surface area contributed by atoms with Crippen molar-refractivity contribution in [1.82, 2.24) is 19.7 Å². The van der Waals surface area contributed by atoms with Gasteiger partial charge in [-0.25, -0.2) is 0 Å². The van der Waals surface area contributed by atoms with E-state index >= 15 is 0 Å². The largest absolute Gasteiger partial charge is 0.336 e. The summed E-state index contributed by atoms with van der Waals surface area (Å²) >= 11 is 7.35. The second-order valence-electron chi connectivity index (χ2n) is 6.58. The van der Waals surface area contributed by atoms with E-state index in [0.29, 0.717) is 28.3 Å². The Kier molecular flexibility index (Phi) is 6.74. The lowest BCUT2D eigenvalue weighted by Gasteiger charge is -2.17. The van der Waals surface area contributed by atoms with Crippen LogP contribution in [0.15, 0.2) is 42.1 Å². The number of nitrogens with one attached hydrogen (secondary N) is 1. The molecule has 0 unspecified atom stereocenters. The molecular weight excluding hydrogens is 398 g/mol. The van der Waals surface area contributed by atoms with Gasteiger partial charge in [0, 0.05) is 19.5 Å². The van der Waals surface area contributed by atoms with E-state index in [2.05, 4.69) is 22.1 Å². The van der Waals surface area contributed by atoms with E-state index in [-0.39, 0.29) is 24.1 Å². The number of hydrogen-bond donors (Lipinski definition) is 1. The van der Waals surface area contributed by atoms with Crippen molar-refractivity contribution in [3.05, 3.63) is 47.8 Å². The smallest absolute Gasteiger partial charge is 0.244 e. The van der Waals surface area contributed by atoms with Crippen LogP contribution in [-0.4, -0.2) is 50.8 Å². The molecule has 1 saturated carbocycles. The lowest BCUT2D eigenvalue weighted by Crippen LogP contribution is -2.36. The van der Waals surface area contributed by atoms with Gasteiger partial charge in [0.1, 0.15) is 5.82 Å². The maximum atomic E-state index is 12.4. The molecule has 0 spiro atoms. The third kappa shape index (κ3) is 5.14. The molecule has 3 rings (SSSR count). The average molecular weight is 420 g/mol. The number of aromatic nitrogens is 3. The average Bonchev–Trinajstić information content (AvgIpc) is 3.43. The van der Waals surface area contributed by atoms with E-state index in [4.69, 9.17) is 11.6 Å². The van der Waals surface area contributed by atoms with Gasteiger partial charge in [-0.05, 0) is 25.0 Å². The number of benzene rings is 1. The lowest BCUT2D eigenvalue weighted by atomic mass is 10.3. The number of rotatable bonds is 9. The van der Waals surface area contributed by atoms with Crippen LogP contribution in [0.4, 0.5) is 5.69 Å². The zero-order valence-electron chi connectivity index (χ0n) is 15.6. The molecule has 0 bridgehead atoms. The van der Waals surface area contributed by atoms with Gasteiger partial charge in [0.25, 0.3) is 0 Å². The zero-order chi connectivity index (χ0) is 20.1. The van der Waals surface area contributed by atoms with E-state index in [9.17, 15) is 9.59 Å². The standard InChI is InChI=1S/C19H22ClN5O2S/c1-3-10-25-18(13-8-9-13)22-23-19(25)28-12-17(27)24(2)11-16(26)21-15-7-5-4-6-14(15)20/h3-7,13H,1,8-12H2,2H3,(H,21,26). The Morgan fingerprint density at radius 3 is 2.82 bits per heavy atom. The van der Waals surface area contributed by atoms with Crippen LogP contribution >= 0.6 is 23.4 Å². The minimum absolute atomic E-state index is 0.0582. The number of allylic oxidation sites excluding steroid dienone is 1. The number of thioether (sulfide) groups is 1. The summed E-state index contributed by atoms with van der Waals surface area (Å²) in [5, 5.41) is 12.3. The second-order valence-corrected chi connectivity index (χ2v) is 7.93. The van der Waals surface area contributed by atoms with Crippen LogP contribution in [0.3, 0.4) is 0 Å². The quantitative estimate of drug-likeness (QED) is 0.498. The number of halogens is 1. The Bertz CT molecular complexity index is 881. The normalized spacial score (nSPS) is 13.2. The fourth-order valence-electron chi connectivity index (χ4n) is 2.64. The van der Waals surface area contributed by atoms with Crippen molar-refractivity contribution in [2.75, 3.05) is 24.7 Å². The molecular formula is C19H22ClN5O2S. The molecule has 0 atom stereocenters. The van der Waals surface area contributed by atoms with Gasteiger partial charge in [0.05, 0.1) is 23.0 Å². The predicted octanol–water partition coefficient (Wildman–Crippen LogP) is 3.18. The molecule has 148 valence electrons. The van der Waals surface area contributed by atoms with Crippen LogP contribution < -0.4 is 5.32 Å². The fourth-order valence-corrected chi connectivity index (χ4v) is 3.72. The highest BCUT2D eigenvalue weighted by Crippen LogP contribution is 2.40. The maximum absolute atomic E-state index is 12.4. The van der Waals surface area contributed by atoms with Gasteiger partial charge in [0.2, 0.25) is 11.8 Å². The van der Waals surface area contributed by atoms with E-state index in [0.717, 1.165) is 18.7 Å². The molecule has 1 aliphatic carbocycles. The molecule has 7 nitrogen and oxygen atoms in total. The van der Waals surface area contributed by atoms with Gasteiger partial charge in [-0.2, -0.15) is 0 Å². The highest BCUT2D eigenvalue weighted by molar-refractivity contribution is 7.99. The number of amides is 2. The molecule has 1 aromatic carbocycles. The summed E-state index contributed by atoms with van der Waals surface area (Å²) in [4.78, 5) is 26.0. The van der Waals surface area contributed by atoms with Crippen molar-refractivity contribution < 1.29 is 9.59 Å². The van der Waals surface area contributed by atoms with Gasteiger partial charge in [0.15, 0.2) is 5.16 Å². The number of likely N-dealkylation sites (N-methyl/N-ethyl adjacent to an activating group) is 1.